The van der Waals surface area contributed by atoms with Crippen LogP contribution in [0.3, 0.4) is 0 Å². The van der Waals surface area contributed by atoms with Gasteiger partial charge in [0.1, 0.15) is 0 Å². The molecule has 0 aromatic rings. The van der Waals surface area contributed by atoms with E-state index >= 15 is 0 Å². The maximum absolute atomic E-state index is 5.01. The molecule has 1 saturated carbocycles. The number of morpholine rings is 1. The van der Waals surface area contributed by atoms with Crippen molar-refractivity contribution in [2.75, 3.05) is 26.3 Å². The van der Waals surface area contributed by atoms with Crippen LogP contribution >= 0.6 is 0 Å². The van der Waals surface area contributed by atoms with Crippen LogP contribution in [0.5, 0.6) is 0 Å². The van der Waals surface area contributed by atoms with Crippen LogP contribution in [0.15, 0.2) is 0 Å². The molecule has 2 heteroatoms. The molecule has 0 aromatic carbocycles. The van der Waals surface area contributed by atoms with Gasteiger partial charge in [-0.25, -0.2) is 0 Å². The van der Waals surface area contributed by atoms with Gasteiger partial charge in [0.2, 0.25) is 0 Å². The fraction of sp³-hybridized carbons (Fsp3) is 1.00. The van der Waals surface area contributed by atoms with Crippen molar-refractivity contribution >= 4 is 0 Å². The van der Waals surface area contributed by atoms with Gasteiger partial charge >= 0.3 is 0 Å². The van der Waals surface area contributed by atoms with E-state index in [1.807, 2.05) is 0 Å². The molecule has 1 N–H and O–H groups in total. The Morgan fingerprint density at radius 2 is 1.13 bits per heavy atom. The lowest BCUT2D eigenvalue weighted by Crippen LogP contribution is -2.30. The third kappa shape index (κ3) is 13.9. The van der Waals surface area contributed by atoms with Crippen LogP contribution in [0.4, 0.5) is 0 Å². The molecule has 0 aromatic heterocycles. The molecule has 0 unspecified atom stereocenters. The first-order valence-electron chi connectivity index (χ1n) is 6.70. The molecule has 15 heavy (non-hydrogen) atoms. The number of hydrogen-bond donors (Lipinski definition) is 1. The molecule has 0 radical (unpaired) electrons. The zero-order valence-corrected chi connectivity index (χ0v) is 10.7. The molecule has 0 atom stereocenters. The van der Waals surface area contributed by atoms with Crippen LogP contribution in [0.2, 0.25) is 0 Å². The Balaban J connectivity index is 0.000000210. The summed E-state index contributed by atoms with van der Waals surface area (Å²) in [5.74, 6) is 0. The van der Waals surface area contributed by atoms with Crippen LogP contribution in [0, 0.1) is 0 Å². The molecular formula is C13H29NO. The van der Waals surface area contributed by atoms with Gasteiger partial charge in [0, 0.05) is 13.1 Å². The topological polar surface area (TPSA) is 21.3 Å². The second-order valence-electron chi connectivity index (χ2n) is 4.19. The second-order valence-corrected chi connectivity index (χ2v) is 4.19. The lowest BCUT2D eigenvalue weighted by molar-refractivity contribution is 0.109. The monoisotopic (exact) mass is 215 g/mol. The first-order chi connectivity index (χ1) is 7.41. The Bertz CT molecular complexity index is 63.7. The number of rotatable bonds is 0. The average Bonchev–Trinajstić information content (AvgIpc) is 2.35. The molecule has 0 amide bonds. The summed E-state index contributed by atoms with van der Waals surface area (Å²) in [6.07, 6.45) is 10.2. The van der Waals surface area contributed by atoms with Crippen molar-refractivity contribution in [1.29, 1.82) is 0 Å². The standard InChI is InChI=1S/C6H12.C4H9NO.C3H8/c1-2-4-6-5-3-1;1-3-6-4-2-5-1;1-3-2/h1-6H2;5H,1-4H2;3H2,1-2H3. The average molecular weight is 215 g/mol. The van der Waals surface area contributed by atoms with E-state index in [2.05, 4.69) is 19.2 Å². The molecule has 1 saturated heterocycles. The summed E-state index contributed by atoms with van der Waals surface area (Å²) >= 11 is 0. The molecule has 2 nitrogen and oxygen atoms in total. The third-order valence-corrected chi connectivity index (χ3v) is 2.35. The van der Waals surface area contributed by atoms with Gasteiger partial charge in [-0.2, -0.15) is 0 Å². The van der Waals surface area contributed by atoms with Gasteiger partial charge in [-0.3, -0.25) is 0 Å². The first-order valence-corrected chi connectivity index (χ1v) is 6.70. The van der Waals surface area contributed by atoms with Gasteiger partial charge in [0.05, 0.1) is 13.2 Å². The van der Waals surface area contributed by atoms with E-state index in [1.165, 1.54) is 44.9 Å². The van der Waals surface area contributed by atoms with Gasteiger partial charge in [-0.05, 0) is 0 Å². The van der Waals surface area contributed by atoms with E-state index < -0.39 is 0 Å². The Kier molecular flexibility index (Phi) is 13.8. The maximum Gasteiger partial charge on any atom is 0.0591 e. The van der Waals surface area contributed by atoms with Crippen LogP contribution in [0.1, 0.15) is 58.8 Å². The molecule has 1 aliphatic carbocycles. The highest BCUT2D eigenvalue weighted by atomic mass is 16.5. The molecule has 92 valence electrons. The van der Waals surface area contributed by atoms with E-state index in [4.69, 9.17) is 4.74 Å². The Morgan fingerprint density at radius 3 is 1.27 bits per heavy atom. The molecule has 2 rings (SSSR count). The van der Waals surface area contributed by atoms with Gasteiger partial charge in [0.25, 0.3) is 0 Å². The largest absolute Gasteiger partial charge is 0.379 e. The SMILES string of the molecule is C1CCCCC1.C1COCCN1.CCC. The smallest absolute Gasteiger partial charge is 0.0591 e. The van der Waals surface area contributed by atoms with Gasteiger partial charge < -0.3 is 10.1 Å². The van der Waals surface area contributed by atoms with Crippen molar-refractivity contribution in [2.24, 2.45) is 0 Å². The van der Waals surface area contributed by atoms with E-state index in [9.17, 15) is 0 Å². The minimum absolute atomic E-state index is 0.889. The van der Waals surface area contributed by atoms with Gasteiger partial charge in [-0.15, -0.1) is 0 Å². The number of hydrogen-bond acceptors (Lipinski definition) is 2. The highest BCUT2D eigenvalue weighted by Gasteiger charge is 1.95. The molecule has 2 fully saturated rings. The van der Waals surface area contributed by atoms with E-state index in [1.54, 1.807) is 0 Å². The fourth-order valence-corrected chi connectivity index (χ4v) is 1.58. The summed E-state index contributed by atoms with van der Waals surface area (Å²) in [4.78, 5) is 0. The molecule has 2 aliphatic rings. The number of ether oxygens (including phenoxy) is 1. The minimum atomic E-state index is 0.889. The van der Waals surface area contributed by atoms with Crippen LogP contribution in [0.25, 0.3) is 0 Å². The van der Waals surface area contributed by atoms with Crippen molar-refractivity contribution in [1.82, 2.24) is 5.32 Å². The minimum Gasteiger partial charge on any atom is -0.379 e. The van der Waals surface area contributed by atoms with Crippen LogP contribution in [-0.4, -0.2) is 26.3 Å². The quantitative estimate of drug-likeness (QED) is 0.669. The van der Waals surface area contributed by atoms with Gasteiger partial charge in [-0.1, -0.05) is 58.8 Å². The summed E-state index contributed by atoms with van der Waals surface area (Å²) in [5.41, 5.74) is 0. The van der Waals surface area contributed by atoms with Crippen molar-refractivity contribution in [2.45, 2.75) is 58.8 Å². The zero-order valence-electron chi connectivity index (χ0n) is 10.7. The fourth-order valence-electron chi connectivity index (χ4n) is 1.58. The second kappa shape index (κ2) is 13.9. The van der Waals surface area contributed by atoms with Crippen molar-refractivity contribution in [3.8, 4) is 0 Å². The lowest BCUT2D eigenvalue weighted by atomic mass is 10.0. The van der Waals surface area contributed by atoms with E-state index in [0.717, 1.165) is 26.3 Å². The summed E-state index contributed by atoms with van der Waals surface area (Å²) in [5, 5.41) is 3.16. The van der Waals surface area contributed by atoms with Gasteiger partial charge in [0.15, 0.2) is 0 Å². The van der Waals surface area contributed by atoms with Crippen LogP contribution in [-0.2, 0) is 4.74 Å². The summed E-state index contributed by atoms with van der Waals surface area (Å²) in [7, 11) is 0. The summed E-state index contributed by atoms with van der Waals surface area (Å²) < 4.78 is 5.01. The predicted molar refractivity (Wildman–Crippen MR) is 67.4 cm³/mol. The van der Waals surface area contributed by atoms with Crippen molar-refractivity contribution in [3.05, 3.63) is 0 Å². The Labute approximate surface area is 95.8 Å². The van der Waals surface area contributed by atoms with Crippen LogP contribution < -0.4 is 5.32 Å². The van der Waals surface area contributed by atoms with E-state index in [-0.39, 0.29) is 0 Å². The zero-order chi connectivity index (χ0) is 11.2. The highest BCUT2D eigenvalue weighted by molar-refractivity contribution is 4.51. The Hall–Kier alpha value is -0.0800. The first kappa shape index (κ1) is 14.9. The molecule has 0 spiro atoms. The molecule has 1 heterocycles. The summed E-state index contributed by atoms with van der Waals surface area (Å²) in [6, 6.07) is 0. The van der Waals surface area contributed by atoms with Crippen molar-refractivity contribution in [3.63, 3.8) is 0 Å². The lowest BCUT2D eigenvalue weighted by Gasteiger charge is -2.10. The van der Waals surface area contributed by atoms with E-state index in [0.29, 0.717) is 0 Å². The predicted octanol–water partition coefficient (Wildman–Crippen LogP) is 3.36. The molecule has 1 aliphatic heterocycles. The Morgan fingerprint density at radius 1 is 0.800 bits per heavy atom. The number of nitrogens with one attached hydrogen (secondary N) is 1. The summed E-state index contributed by atoms with van der Waals surface area (Å²) in [6.45, 7) is 8.08. The van der Waals surface area contributed by atoms with Crippen molar-refractivity contribution < 1.29 is 4.74 Å². The molecule has 0 bridgehead atoms. The normalized spacial score (nSPS) is 20.4. The third-order valence-electron chi connectivity index (χ3n) is 2.35. The highest BCUT2D eigenvalue weighted by Crippen LogP contribution is 2.15. The molecular weight excluding hydrogens is 186 g/mol. The maximum atomic E-state index is 5.01.